The molecule has 2 aromatic rings. The summed E-state index contributed by atoms with van der Waals surface area (Å²) in [5.74, 6) is -0.338. The molecule has 1 aliphatic carbocycles. The van der Waals surface area contributed by atoms with Crippen LogP contribution in [0, 0.1) is 5.92 Å². The van der Waals surface area contributed by atoms with E-state index in [4.69, 9.17) is 14.9 Å². The molecule has 2 N–H and O–H groups in total. The predicted molar refractivity (Wildman–Crippen MR) is 138 cm³/mol. The number of halogens is 2. The number of piperazine rings is 1. The zero-order valence-corrected chi connectivity index (χ0v) is 22.6. The molecule has 1 saturated carbocycles. The van der Waals surface area contributed by atoms with Crippen LogP contribution in [0.15, 0.2) is 22.6 Å². The topological polar surface area (TPSA) is 137 Å². The van der Waals surface area contributed by atoms with Gasteiger partial charge in [-0.15, -0.1) is 0 Å². The minimum absolute atomic E-state index is 0.0285. The van der Waals surface area contributed by atoms with Crippen molar-refractivity contribution in [2.75, 3.05) is 39.9 Å². The van der Waals surface area contributed by atoms with Crippen molar-refractivity contribution in [3.8, 4) is 23.0 Å². The van der Waals surface area contributed by atoms with E-state index >= 15 is 0 Å². The van der Waals surface area contributed by atoms with Crippen molar-refractivity contribution in [2.24, 2.45) is 11.7 Å². The van der Waals surface area contributed by atoms with E-state index < -0.39 is 12.7 Å². The van der Waals surface area contributed by atoms with Gasteiger partial charge in [0.2, 0.25) is 11.8 Å². The van der Waals surface area contributed by atoms with Crippen molar-refractivity contribution < 1.29 is 41.8 Å². The van der Waals surface area contributed by atoms with Gasteiger partial charge in [0.15, 0.2) is 23.0 Å². The smallest absolute Gasteiger partial charge is 0.387 e. The van der Waals surface area contributed by atoms with Crippen molar-refractivity contribution in [3.63, 3.8) is 0 Å². The number of oxazole rings is 1. The second-order valence-electron chi connectivity index (χ2n) is 9.83. The molecule has 1 aromatic heterocycles. The summed E-state index contributed by atoms with van der Waals surface area (Å²) in [4.78, 5) is 44.9. The zero-order chi connectivity index (χ0) is 28.8. The van der Waals surface area contributed by atoms with Crippen LogP contribution in [0.1, 0.15) is 61.3 Å². The number of alkyl halides is 2. The number of benzene rings is 1. The van der Waals surface area contributed by atoms with E-state index in [2.05, 4.69) is 14.5 Å². The molecule has 2 amide bonds. The van der Waals surface area contributed by atoms with Gasteiger partial charge in [0, 0.05) is 44.1 Å². The third kappa shape index (κ3) is 7.26. The fraction of sp³-hybridized carbons (Fsp3) is 0.556. The number of carbonyl (C=O) groups is 3. The Morgan fingerprint density at radius 3 is 2.42 bits per heavy atom. The summed E-state index contributed by atoms with van der Waals surface area (Å²) in [6, 6.07) is 3.56. The number of hydrogen-bond donors (Lipinski definition) is 1. The van der Waals surface area contributed by atoms with Crippen LogP contribution in [0.25, 0.3) is 11.5 Å². The predicted octanol–water partition coefficient (Wildman–Crippen LogP) is 3.38. The number of amides is 2. The first kappa shape index (κ1) is 29.2. The Balaban J connectivity index is 1.49. The minimum atomic E-state index is -3.07. The first-order valence-corrected chi connectivity index (χ1v) is 13.3. The van der Waals surface area contributed by atoms with E-state index in [0.29, 0.717) is 44.6 Å². The number of nitrogens with two attached hydrogens (primary N) is 1. The van der Waals surface area contributed by atoms with Crippen LogP contribution >= 0.6 is 0 Å². The van der Waals surface area contributed by atoms with Crippen molar-refractivity contribution in [1.29, 1.82) is 0 Å². The van der Waals surface area contributed by atoms with E-state index in [9.17, 15) is 23.2 Å². The molecule has 0 bridgehead atoms. The van der Waals surface area contributed by atoms with Crippen LogP contribution in [0.3, 0.4) is 0 Å². The average Bonchev–Trinajstić information content (AvgIpc) is 3.70. The first-order chi connectivity index (χ1) is 19.2. The van der Waals surface area contributed by atoms with Gasteiger partial charge in [-0.1, -0.05) is 0 Å². The fourth-order valence-electron chi connectivity index (χ4n) is 4.39. The van der Waals surface area contributed by atoms with Gasteiger partial charge in [0.1, 0.15) is 0 Å². The molecular formula is C27H34F2N4O7. The van der Waals surface area contributed by atoms with Gasteiger partial charge in [-0.25, -0.2) is 4.98 Å². The van der Waals surface area contributed by atoms with Gasteiger partial charge < -0.3 is 34.2 Å². The number of esters is 1. The molecule has 2 heterocycles. The fourth-order valence-corrected chi connectivity index (χ4v) is 4.39. The van der Waals surface area contributed by atoms with Crippen molar-refractivity contribution >= 4 is 17.8 Å². The third-order valence-corrected chi connectivity index (χ3v) is 6.74. The molecule has 0 radical (unpaired) electrons. The highest BCUT2D eigenvalue weighted by Gasteiger charge is 2.36. The van der Waals surface area contributed by atoms with E-state index in [1.807, 2.05) is 0 Å². The Morgan fingerprint density at radius 2 is 1.80 bits per heavy atom. The maximum absolute atomic E-state index is 13.4. The molecular weight excluding hydrogens is 530 g/mol. The lowest BCUT2D eigenvalue weighted by Gasteiger charge is -2.34. The lowest BCUT2D eigenvalue weighted by Crippen LogP contribution is -2.51. The number of nitrogens with zero attached hydrogens (tertiary/aromatic N) is 3. The maximum atomic E-state index is 13.4. The molecule has 40 heavy (non-hydrogen) atoms. The lowest BCUT2D eigenvalue weighted by molar-refractivity contribution is -0.140. The second kappa shape index (κ2) is 13.1. The minimum Gasteiger partial charge on any atom is -0.490 e. The summed E-state index contributed by atoms with van der Waals surface area (Å²) in [7, 11) is 1.30. The summed E-state index contributed by atoms with van der Waals surface area (Å²) < 4.78 is 46.7. The normalized spacial score (nSPS) is 16.1. The van der Waals surface area contributed by atoms with Crippen LogP contribution in [-0.2, 0) is 14.3 Å². The Bertz CT molecular complexity index is 1210. The number of aromatic nitrogens is 1. The van der Waals surface area contributed by atoms with Crippen molar-refractivity contribution in [2.45, 2.75) is 51.7 Å². The van der Waals surface area contributed by atoms with Crippen LogP contribution in [0.4, 0.5) is 8.78 Å². The van der Waals surface area contributed by atoms with Crippen molar-refractivity contribution in [1.82, 2.24) is 14.8 Å². The molecule has 218 valence electrons. The van der Waals surface area contributed by atoms with Crippen LogP contribution in [0.5, 0.6) is 11.5 Å². The zero-order valence-electron chi connectivity index (χ0n) is 22.6. The SMILES string of the molecule is COC(=O)CCCCOc1cc(-c2nc(C(=O)N3CCN(C(=O)C4CC4)CC3)c([C@H](C)N)o2)ccc1OC(F)F. The number of ether oxygens (including phenoxy) is 3. The first-order valence-electron chi connectivity index (χ1n) is 13.3. The molecule has 1 aromatic carbocycles. The van der Waals surface area contributed by atoms with Gasteiger partial charge in [0.25, 0.3) is 5.91 Å². The molecule has 1 aliphatic heterocycles. The van der Waals surface area contributed by atoms with Gasteiger partial charge in [-0.05, 0) is 50.8 Å². The summed E-state index contributed by atoms with van der Waals surface area (Å²) in [5.41, 5.74) is 6.52. The van der Waals surface area contributed by atoms with E-state index in [0.717, 1.165) is 12.8 Å². The van der Waals surface area contributed by atoms with Crippen LogP contribution < -0.4 is 15.2 Å². The highest BCUT2D eigenvalue weighted by atomic mass is 19.3. The molecule has 11 nitrogen and oxygen atoms in total. The monoisotopic (exact) mass is 564 g/mol. The molecule has 13 heteroatoms. The van der Waals surface area contributed by atoms with Crippen LogP contribution in [0.2, 0.25) is 0 Å². The van der Waals surface area contributed by atoms with Gasteiger partial charge in [-0.3, -0.25) is 14.4 Å². The maximum Gasteiger partial charge on any atom is 0.387 e. The Labute approximate surface area is 230 Å². The summed E-state index contributed by atoms with van der Waals surface area (Å²) >= 11 is 0. The second-order valence-corrected chi connectivity index (χ2v) is 9.83. The lowest BCUT2D eigenvalue weighted by atomic mass is 10.2. The molecule has 4 rings (SSSR count). The van der Waals surface area contributed by atoms with Gasteiger partial charge >= 0.3 is 12.6 Å². The Morgan fingerprint density at radius 1 is 1.10 bits per heavy atom. The quantitative estimate of drug-likeness (QED) is 0.304. The van der Waals surface area contributed by atoms with Gasteiger partial charge in [0.05, 0.1) is 19.8 Å². The van der Waals surface area contributed by atoms with E-state index in [1.165, 1.54) is 25.3 Å². The number of unbranched alkanes of at least 4 members (excludes halogenated alkanes) is 1. The molecule has 1 saturated heterocycles. The molecule has 2 fully saturated rings. The molecule has 2 aliphatic rings. The summed E-state index contributed by atoms with van der Waals surface area (Å²) in [5, 5.41) is 0. The largest absolute Gasteiger partial charge is 0.490 e. The average molecular weight is 565 g/mol. The molecule has 0 unspecified atom stereocenters. The van der Waals surface area contributed by atoms with Crippen LogP contribution in [-0.4, -0.2) is 79.1 Å². The number of hydrogen-bond acceptors (Lipinski definition) is 9. The summed E-state index contributed by atoms with van der Waals surface area (Å²) in [6.45, 7) is 0.363. The molecule has 1 atom stereocenters. The van der Waals surface area contributed by atoms with Gasteiger partial charge in [-0.2, -0.15) is 8.78 Å². The van der Waals surface area contributed by atoms with E-state index in [-0.39, 0.29) is 65.6 Å². The number of rotatable bonds is 12. The molecule has 0 spiro atoms. The van der Waals surface area contributed by atoms with Crippen molar-refractivity contribution in [3.05, 3.63) is 29.7 Å². The van der Waals surface area contributed by atoms with E-state index in [1.54, 1.807) is 16.7 Å². The Hall–Kier alpha value is -3.74. The highest BCUT2D eigenvalue weighted by Crippen LogP contribution is 2.35. The standard InChI is InChI=1S/C27H34F2N4O7/c1-16(30)23-22(26(36)33-12-10-32(11-13-33)25(35)17-6-7-17)31-24(40-23)18-8-9-19(39-27(28)29)20(15-18)38-14-4-3-5-21(34)37-2/h8-9,15-17,27H,3-7,10-14,30H2,1-2H3/t16-/m0/s1. The highest BCUT2D eigenvalue weighted by molar-refractivity contribution is 5.94. The Kier molecular flexibility index (Phi) is 9.56. The number of methoxy groups -OCH3 is 1. The third-order valence-electron chi connectivity index (χ3n) is 6.74. The summed E-state index contributed by atoms with van der Waals surface area (Å²) in [6.07, 6.45) is 3.02. The number of carbonyl (C=O) groups excluding carboxylic acids is 3.